The van der Waals surface area contributed by atoms with Gasteiger partial charge >= 0.3 is 0 Å². The number of carbonyl (C=O) groups is 2. The molecule has 2 heterocycles. The van der Waals surface area contributed by atoms with Crippen molar-refractivity contribution < 1.29 is 9.59 Å². The van der Waals surface area contributed by atoms with Crippen LogP contribution < -0.4 is 10.9 Å². The third-order valence-electron chi connectivity index (χ3n) is 4.55. The van der Waals surface area contributed by atoms with Crippen molar-refractivity contribution in [3.8, 4) is 0 Å². The molecule has 23 heavy (non-hydrogen) atoms. The highest BCUT2D eigenvalue weighted by molar-refractivity contribution is 5.98. The number of likely N-dealkylation sites (N-methyl/N-ethyl adjacent to an activating group) is 1. The van der Waals surface area contributed by atoms with Crippen molar-refractivity contribution in [2.75, 3.05) is 13.6 Å². The zero-order valence-corrected chi connectivity index (χ0v) is 14.3. The van der Waals surface area contributed by atoms with Gasteiger partial charge in [0.2, 0.25) is 5.91 Å². The molecule has 1 atom stereocenters. The summed E-state index contributed by atoms with van der Waals surface area (Å²) in [4.78, 5) is 39.3. The van der Waals surface area contributed by atoms with E-state index >= 15 is 0 Å². The molecule has 126 valence electrons. The van der Waals surface area contributed by atoms with Crippen molar-refractivity contribution in [1.29, 1.82) is 0 Å². The number of carbonyl (C=O) groups excluding carboxylic acids is 2. The highest BCUT2D eigenvalue weighted by Crippen LogP contribution is 2.20. The number of pyridine rings is 1. The Balaban J connectivity index is 2.47. The Hall–Kier alpha value is -2.11. The Morgan fingerprint density at radius 1 is 1.30 bits per heavy atom. The number of piperidine rings is 1. The molecule has 6 nitrogen and oxygen atoms in total. The molecule has 0 radical (unpaired) electrons. The Labute approximate surface area is 136 Å². The second-order valence-corrected chi connectivity index (χ2v) is 6.02. The van der Waals surface area contributed by atoms with Crippen LogP contribution in [0.15, 0.2) is 10.9 Å². The zero-order chi connectivity index (χ0) is 17.1. The fourth-order valence-electron chi connectivity index (χ4n) is 3.34. The fraction of sp³-hybridized carbons (Fsp3) is 0.588. The molecule has 1 aromatic rings. The minimum atomic E-state index is -0.489. The number of amides is 2. The number of likely N-dealkylation sites (tertiary alicyclic amines) is 1. The van der Waals surface area contributed by atoms with E-state index in [1.54, 1.807) is 23.4 Å². The molecule has 1 aliphatic rings. The largest absolute Gasteiger partial charge is 0.357 e. The van der Waals surface area contributed by atoms with Crippen molar-refractivity contribution in [2.24, 2.45) is 0 Å². The van der Waals surface area contributed by atoms with Crippen LogP contribution in [0.4, 0.5) is 0 Å². The molecule has 0 aromatic carbocycles. The monoisotopic (exact) mass is 319 g/mol. The van der Waals surface area contributed by atoms with Gasteiger partial charge in [-0.3, -0.25) is 14.4 Å². The smallest absolute Gasteiger partial charge is 0.263 e. The van der Waals surface area contributed by atoms with Gasteiger partial charge in [-0.25, -0.2) is 0 Å². The van der Waals surface area contributed by atoms with Crippen molar-refractivity contribution in [1.82, 2.24) is 14.8 Å². The van der Waals surface area contributed by atoms with Crippen molar-refractivity contribution in [2.45, 2.75) is 52.6 Å². The molecule has 0 bridgehead atoms. The van der Waals surface area contributed by atoms with Gasteiger partial charge in [0, 0.05) is 25.8 Å². The van der Waals surface area contributed by atoms with Crippen molar-refractivity contribution in [3.05, 3.63) is 33.2 Å². The molecule has 2 amide bonds. The van der Waals surface area contributed by atoms with Gasteiger partial charge < -0.3 is 14.8 Å². The lowest BCUT2D eigenvalue weighted by Crippen LogP contribution is -2.52. The molecule has 1 N–H and O–H groups in total. The van der Waals surface area contributed by atoms with Crippen LogP contribution >= 0.6 is 0 Å². The van der Waals surface area contributed by atoms with E-state index in [-0.39, 0.29) is 22.9 Å². The number of aryl methyl sites for hydroxylation is 2. The van der Waals surface area contributed by atoms with E-state index < -0.39 is 6.04 Å². The minimum absolute atomic E-state index is 0.168. The van der Waals surface area contributed by atoms with Gasteiger partial charge in [-0.1, -0.05) is 0 Å². The van der Waals surface area contributed by atoms with Gasteiger partial charge in [0.25, 0.3) is 11.5 Å². The van der Waals surface area contributed by atoms with Crippen LogP contribution in [0.5, 0.6) is 0 Å². The van der Waals surface area contributed by atoms with Crippen LogP contribution in [0.2, 0.25) is 0 Å². The van der Waals surface area contributed by atoms with E-state index in [1.807, 2.05) is 19.9 Å². The summed E-state index contributed by atoms with van der Waals surface area (Å²) in [5.74, 6) is -0.498. The van der Waals surface area contributed by atoms with Gasteiger partial charge in [0.15, 0.2) is 0 Å². The average Bonchev–Trinajstić information content (AvgIpc) is 2.53. The molecule has 6 heteroatoms. The van der Waals surface area contributed by atoms with Gasteiger partial charge in [0.1, 0.15) is 11.6 Å². The van der Waals surface area contributed by atoms with E-state index in [0.29, 0.717) is 25.1 Å². The number of aromatic nitrogens is 1. The van der Waals surface area contributed by atoms with Crippen LogP contribution in [-0.2, 0) is 11.3 Å². The summed E-state index contributed by atoms with van der Waals surface area (Å²) >= 11 is 0. The van der Waals surface area contributed by atoms with E-state index in [2.05, 4.69) is 5.32 Å². The predicted molar refractivity (Wildman–Crippen MR) is 88.6 cm³/mol. The standard InChI is InChI=1S/C17H25N3O3/c1-5-19-12(3)10-11(2)14(16(19)22)17(23)20-9-7-6-8-13(20)15(21)18-4/h10,13H,5-9H2,1-4H3,(H,18,21). The van der Waals surface area contributed by atoms with Gasteiger partial charge in [-0.2, -0.15) is 0 Å². The molecule has 0 aliphatic carbocycles. The fourth-order valence-corrected chi connectivity index (χ4v) is 3.34. The van der Waals surface area contributed by atoms with E-state index in [0.717, 1.165) is 18.5 Å². The maximum absolute atomic E-state index is 13.0. The summed E-state index contributed by atoms with van der Waals surface area (Å²) in [6, 6.07) is 1.37. The summed E-state index contributed by atoms with van der Waals surface area (Å²) in [5.41, 5.74) is 1.43. The molecule has 1 fully saturated rings. The van der Waals surface area contributed by atoms with Crippen molar-refractivity contribution >= 4 is 11.8 Å². The van der Waals surface area contributed by atoms with Crippen LogP contribution in [0.1, 0.15) is 47.8 Å². The molecule has 1 aromatic heterocycles. The Bertz CT molecular complexity index is 678. The lowest BCUT2D eigenvalue weighted by Gasteiger charge is -2.34. The normalized spacial score (nSPS) is 17.9. The third kappa shape index (κ3) is 3.16. The predicted octanol–water partition coefficient (Wildman–Crippen LogP) is 1.23. The molecule has 2 rings (SSSR count). The molecular formula is C17H25N3O3. The first kappa shape index (κ1) is 17.2. The van der Waals surface area contributed by atoms with Crippen LogP contribution in [0.25, 0.3) is 0 Å². The number of nitrogens with one attached hydrogen (secondary N) is 1. The zero-order valence-electron chi connectivity index (χ0n) is 14.3. The van der Waals surface area contributed by atoms with E-state index in [1.165, 1.54) is 0 Å². The van der Waals surface area contributed by atoms with Gasteiger partial charge in [-0.15, -0.1) is 0 Å². The molecule has 0 saturated carbocycles. The van der Waals surface area contributed by atoms with E-state index in [4.69, 9.17) is 0 Å². The SMILES string of the molecule is CCn1c(C)cc(C)c(C(=O)N2CCCCC2C(=O)NC)c1=O. The van der Waals surface area contributed by atoms with Crippen LogP contribution in [-0.4, -0.2) is 40.9 Å². The average molecular weight is 319 g/mol. The molecular weight excluding hydrogens is 294 g/mol. The van der Waals surface area contributed by atoms with Crippen LogP contribution in [0, 0.1) is 13.8 Å². The maximum Gasteiger partial charge on any atom is 0.263 e. The number of rotatable bonds is 3. The first-order chi connectivity index (χ1) is 10.9. The summed E-state index contributed by atoms with van der Waals surface area (Å²) in [6.45, 7) is 6.55. The maximum atomic E-state index is 13.0. The molecule has 1 saturated heterocycles. The Morgan fingerprint density at radius 2 is 2.00 bits per heavy atom. The first-order valence-corrected chi connectivity index (χ1v) is 8.16. The first-order valence-electron chi connectivity index (χ1n) is 8.16. The molecule has 0 spiro atoms. The Morgan fingerprint density at radius 3 is 2.61 bits per heavy atom. The number of nitrogens with zero attached hydrogens (tertiary/aromatic N) is 2. The molecule has 1 aliphatic heterocycles. The highest BCUT2D eigenvalue weighted by atomic mass is 16.2. The second kappa shape index (κ2) is 6.98. The highest BCUT2D eigenvalue weighted by Gasteiger charge is 2.34. The third-order valence-corrected chi connectivity index (χ3v) is 4.55. The molecule has 1 unspecified atom stereocenters. The van der Waals surface area contributed by atoms with E-state index in [9.17, 15) is 14.4 Å². The summed E-state index contributed by atoms with van der Waals surface area (Å²) in [7, 11) is 1.57. The summed E-state index contributed by atoms with van der Waals surface area (Å²) in [6.07, 6.45) is 2.40. The minimum Gasteiger partial charge on any atom is -0.357 e. The van der Waals surface area contributed by atoms with Crippen molar-refractivity contribution in [3.63, 3.8) is 0 Å². The number of hydrogen-bond donors (Lipinski definition) is 1. The number of hydrogen-bond acceptors (Lipinski definition) is 3. The summed E-state index contributed by atoms with van der Waals surface area (Å²) < 4.78 is 1.60. The van der Waals surface area contributed by atoms with Gasteiger partial charge in [-0.05, 0) is 51.7 Å². The Kier molecular flexibility index (Phi) is 5.23. The van der Waals surface area contributed by atoms with Gasteiger partial charge in [0.05, 0.1) is 0 Å². The summed E-state index contributed by atoms with van der Waals surface area (Å²) in [5, 5.41) is 2.62. The lowest BCUT2D eigenvalue weighted by atomic mass is 9.99. The topological polar surface area (TPSA) is 71.4 Å². The quantitative estimate of drug-likeness (QED) is 0.911. The lowest BCUT2D eigenvalue weighted by molar-refractivity contribution is -0.126. The second-order valence-electron chi connectivity index (χ2n) is 6.02. The van der Waals surface area contributed by atoms with Crippen LogP contribution in [0.3, 0.4) is 0 Å².